The quantitative estimate of drug-likeness (QED) is 0.889. The predicted octanol–water partition coefficient (Wildman–Crippen LogP) is 3.26. The summed E-state index contributed by atoms with van der Waals surface area (Å²) >= 11 is 0. The minimum Gasteiger partial charge on any atom is -0.507 e. The molecule has 2 N–H and O–H groups in total. The van der Waals surface area contributed by atoms with Gasteiger partial charge in [0.25, 0.3) is 5.91 Å². The molecule has 1 atom stereocenters. The molecule has 1 unspecified atom stereocenters. The molecule has 2 aromatic carbocycles. The molecule has 0 bridgehead atoms. The van der Waals surface area contributed by atoms with Crippen molar-refractivity contribution < 1.29 is 14.3 Å². The maximum atomic E-state index is 13.7. The van der Waals surface area contributed by atoms with Gasteiger partial charge < -0.3 is 10.4 Å². The van der Waals surface area contributed by atoms with Crippen molar-refractivity contribution in [2.75, 3.05) is 0 Å². The predicted molar refractivity (Wildman–Crippen MR) is 77.8 cm³/mol. The number of benzene rings is 2. The molecule has 0 saturated carbocycles. The van der Waals surface area contributed by atoms with E-state index in [0.717, 1.165) is 5.56 Å². The van der Waals surface area contributed by atoms with Gasteiger partial charge in [0.2, 0.25) is 0 Å². The lowest BCUT2D eigenvalue weighted by Gasteiger charge is -2.15. The van der Waals surface area contributed by atoms with Crippen molar-refractivity contribution >= 4 is 5.91 Å². The maximum Gasteiger partial charge on any atom is 0.255 e. The van der Waals surface area contributed by atoms with Gasteiger partial charge in [-0.15, -0.1) is 0 Å². The van der Waals surface area contributed by atoms with Crippen molar-refractivity contribution in [3.05, 3.63) is 64.5 Å². The summed E-state index contributed by atoms with van der Waals surface area (Å²) in [7, 11) is 0. The second-order valence-electron chi connectivity index (χ2n) is 5.34. The smallest absolute Gasteiger partial charge is 0.255 e. The molecule has 0 aromatic heterocycles. The fourth-order valence-corrected chi connectivity index (χ4v) is 2.84. The van der Waals surface area contributed by atoms with E-state index in [-0.39, 0.29) is 29.1 Å². The minimum atomic E-state index is -0.335. The zero-order chi connectivity index (χ0) is 15.0. The molecular weight excluding hydrogens is 269 g/mol. The van der Waals surface area contributed by atoms with Gasteiger partial charge in [-0.05, 0) is 48.6 Å². The van der Waals surface area contributed by atoms with Gasteiger partial charge in [-0.3, -0.25) is 4.79 Å². The first kappa shape index (κ1) is 13.6. The number of carbonyl (C=O) groups is 1. The number of hydrogen-bond acceptors (Lipinski definition) is 2. The van der Waals surface area contributed by atoms with E-state index in [9.17, 15) is 14.3 Å². The van der Waals surface area contributed by atoms with Gasteiger partial charge in [-0.25, -0.2) is 4.39 Å². The Kier molecular flexibility index (Phi) is 3.37. The number of amides is 1. The molecule has 1 aliphatic rings. The highest BCUT2D eigenvalue weighted by Crippen LogP contribution is 2.33. The van der Waals surface area contributed by atoms with Crippen LogP contribution in [0.4, 0.5) is 4.39 Å². The standard InChI is InChI=1S/C17H16FNO2/c1-10-4-2-6-13(16(10)20)17(21)19-15-9-8-11-12(15)5-3-7-14(11)18/h2-7,15,20H,8-9H2,1H3,(H,19,21). The number of aryl methyl sites for hydroxylation is 1. The molecule has 0 radical (unpaired) electrons. The van der Waals surface area contributed by atoms with Crippen LogP contribution in [0.2, 0.25) is 0 Å². The van der Waals surface area contributed by atoms with E-state index in [1.807, 2.05) is 6.07 Å². The van der Waals surface area contributed by atoms with Crippen LogP contribution >= 0.6 is 0 Å². The van der Waals surface area contributed by atoms with E-state index >= 15 is 0 Å². The molecule has 3 rings (SSSR count). The number of halogens is 1. The van der Waals surface area contributed by atoms with Crippen LogP contribution in [0.15, 0.2) is 36.4 Å². The van der Waals surface area contributed by atoms with Crippen molar-refractivity contribution in [3.63, 3.8) is 0 Å². The number of rotatable bonds is 2. The maximum absolute atomic E-state index is 13.7. The van der Waals surface area contributed by atoms with E-state index in [1.165, 1.54) is 6.07 Å². The topological polar surface area (TPSA) is 49.3 Å². The van der Waals surface area contributed by atoms with E-state index in [4.69, 9.17) is 0 Å². The van der Waals surface area contributed by atoms with Gasteiger partial charge in [0, 0.05) is 0 Å². The van der Waals surface area contributed by atoms with Crippen LogP contribution < -0.4 is 5.32 Å². The fraction of sp³-hybridized carbons (Fsp3) is 0.235. The first-order chi connectivity index (χ1) is 10.1. The molecule has 0 saturated heterocycles. The second-order valence-corrected chi connectivity index (χ2v) is 5.34. The SMILES string of the molecule is Cc1cccc(C(=O)NC2CCc3c(F)cccc32)c1O. The first-order valence-corrected chi connectivity index (χ1v) is 6.94. The average Bonchev–Trinajstić information content (AvgIpc) is 2.86. The Hall–Kier alpha value is -2.36. The number of nitrogens with one attached hydrogen (secondary N) is 1. The molecule has 0 heterocycles. The highest BCUT2D eigenvalue weighted by Gasteiger charge is 2.27. The monoisotopic (exact) mass is 285 g/mol. The summed E-state index contributed by atoms with van der Waals surface area (Å²) in [5, 5.41) is 12.8. The molecule has 1 aliphatic carbocycles. The number of carbonyl (C=O) groups excluding carboxylic acids is 1. The molecule has 0 spiro atoms. The third kappa shape index (κ3) is 2.37. The van der Waals surface area contributed by atoms with Gasteiger partial charge in [0.15, 0.2) is 0 Å². The molecule has 0 fully saturated rings. The van der Waals surface area contributed by atoms with Gasteiger partial charge in [0.1, 0.15) is 11.6 Å². The third-order valence-corrected chi connectivity index (χ3v) is 4.00. The molecule has 0 aliphatic heterocycles. The third-order valence-electron chi connectivity index (χ3n) is 4.00. The Morgan fingerprint density at radius 3 is 2.86 bits per heavy atom. The van der Waals surface area contributed by atoms with Crippen molar-refractivity contribution in [2.24, 2.45) is 0 Å². The average molecular weight is 285 g/mol. The van der Waals surface area contributed by atoms with Crippen LogP contribution in [0.5, 0.6) is 5.75 Å². The summed E-state index contributed by atoms with van der Waals surface area (Å²) in [5.74, 6) is -0.562. The highest BCUT2D eigenvalue weighted by atomic mass is 19.1. The van der Waals surface area contributed by atoms with Crippen LogP contribution in [-0.4, -0.2) is 11.0 Å². The van der Waals surface area contributed by atoms with Gasteiger partial charge in [-0.1, -0.05) is 24.3 Å². The molecule has 3 nitrogen and oxygen atoms in total. The van der Waals surface area contributed by atoms with E-state index in [0.29, 0.717) is 24.0 Å². The largest absolute Gasteiger partial charge is 0.507 e. The van der Waals surface area contributed by atoms with Crippen LogP contribution in [0.1, 0.15) is 39.5 Å². The highest BCUT2D eigenvalue weighted by molar-refractivity contribution is 5.97. The lowest BCUT2D eigenvalue weighted by atomic mass is 10.1. The van der Waals surface area contributed by atoms with Crippen LogP contribution in [0, 0.1) is 12.7 Å². The number of phenols is 1. The number of hydrogen-bond donors (Lipinski definition) is 2. The number of fused-ring (bicyclic) bond motifs is 1. The Labute approximate surface area is 122 Å². The summed E-state index contributed by atoms with van der Waals surface area (Å²) < 4.78 is 13.7. The van der Waals surface area contributed by atoms with Crippen LogP contribution in [0.3, 0.4) is 0 Å². The fourth-order valence-electron chi connectivity index (χ4n) is 2.84. The molecule has 4 heteroatoms. The van der Waals surface area contributed by atoms with Crippen LogP contribution in [-0.2, 0) is 6.42 Å². The lowest BCUT2D eigenvalue weighted by Crippen LogP contribution is -2.27. The normalized spacial score (nSPS) is 16.6. The van der Waals surface area contributed by atoms with Crippen molar-refractivity contribution in [1.82, 2.24) is 5.32 Å². The summed E-state index contributed by atoms with van der Waals surface area (Å²) in [4.78, 5) is 12.3. The molecular formula is C17H16FNO2. The molecule has 21 heavy (non-hydrogen) atoms. The summed E-state index contributed by atoms with van der Waals surface area (Å²) in [6.07, 6.45) is 1.29. The second kappa shape index (κ2) is 5.20. The molecule has 108 valence electrons. The van der Waals surface area contributed by atoms with E-state index in [1.54, 1.807) is 31.2 Å². The Morgan fingerprint density at radius 2 is 2.05 bits per heavy atom. The molecule has 2 aromatic rings. The zero-order valence-electron chi connectivity index (χ0n) is 11.7. The number of para-hydroxylation sites is 1. The summed E-state index contributed by atoms with van der Waals surface area (Å²) in [5.41, 5.74) is 2.41. The number of phenolic OH excluding ortho intramolecular Hbond substituents is 1. The Balaban J connectivity index is 1.85. The van der Waals surface area contributed by atoms with Crippen molar-refractivity contribution in [3.8, 4) is 5.75 Å². The van der Waals surface area contributed by atoms with E-state index in [2.05, 4.69) is 5.32 Å². The van der Waals surface area contributed by atoms with Gasteiger partial charge in [-0.2, -0.15) is 0 Å². The number of aromatic hydroxyl groups is 1. The summed E-state index contributed by atoms with van der Waals surface area (Å²) in [6.45, 7) is 1.74. The Morgan fingerprint density at radius 1 is 1.29 bits per heavy atom. The zero-order valence-corrected chi connectivity index (χ0v) is 11.7. The minimum absolute atomic E-state index is 0.00698. The van der Waals surface area contributed by atoms with E-state index < -0.39 is 0 Å². The van der Waals surface area contributed by atoms with Crippen LogP contribution in [0.25, 0.3) is 0 Å². The van der Waals surface area contributed by atoms with Gasteiger partial charge >= 0.3 is 0 Å². The summed E-state index contributed by atoms with van der Waals surface area (Å²) in [6, 6.07) is 9.78. The Bertz CT molecular complexity index is 712. The van der Waals surface area contributed by atoms with Crippen molar-refractivity contribution in [1.29, 1.82) is 0 Å². The first-order valence-electron chi connectivity index (χ1n) is 6.94. The van der Waals surface area contributed by atoms with Crippen molar-refractivity contribution in [2.45, 2.75) is 25.8 Å². The van der Waals surface area contributed by atoms with Gasteiger partial charge in [0.05, 0.1) is 11.6 Å². The lowest BCUT2D eigenvalue weighted by molar-refractivity contribution is 0.0934. The molecule has 1 amide bonds.